The van der Waals surface area contributed by atoms with Crippen LogP contribution in [-0.4, -0.2) is 25.7 Å². The van der Waals surface area contributed by atoms with Gasteiger partial charge in [-0.05, 0) is 43.3 Å². The Balaban J connectivity index is 1.63. The Kier molecular flexibility index (Phi) is 4.02. The number of hydrogen-bond acceptors (Lipinski definition) is 6. The fourth-order valence-corrected chi connectivity index (χ4v) is 3.13. The van der Waals surface area contributed by atoms with Crippen LogP contribution < -0.4 is 10.9 Å². The quantitative estimate of drug-likeness (QED) is 0.604. The van der Waals surface area contributed by atoms with Gasteiger partial charge in [-0.2, -0.15) is 0 Å². The topological polar surface area (TPSA) is 89.8 Å². The third-order valence-corrected chi connectivity index (χ3v) is 4.57. The maximum absolute atomic E-state index is 12.6. The Hall–Kier alpha value is -3.39. The Morgan fingerprint density at radius 1 is 1.08 bits per heavy atom. The van der Waals surface area contributed by atoms with Gasteiger partial charge in [0.05, 0.1) is 16.6 Å². The van der Waals surface area contributed by atoms with E-state index in [0.717, 1.165) is 5.01 Å². The molecule has 0 radical (unpaired) electrons. The fourth-order valence-electron chi connectivity index (χ4n) is 2.54. The van der Waals surface area contributed by atoms with Crippen molar-refractivity contribution in [3.05, 3.63) is 75.8 Å². The van der Waals surface area contributed by atoms with Crippen LogP contribution in [-0.2, 0) is 0 Å². The summed E-state index contributed by atoms with van der Waals surface area (Å²) in [5.41, 5.74) is 1.59. The predicted octanol–water partition coefficient (Wildman–Crippen LogP) is 2.80. The number of para-hydroxylation sites is 1. The van der Waals surface area contributed by atoms with E-state index in [1.807, 2.05) is 13.0 Å². The summed E-state index contributed by atoms with van der Waals surface area (Å²) in [4.78, 5) is 29.2. The van der Waals surface area contributed by atoms with E-state index in [1.54, 1.807) is 42.5 Å². The molecule has 0 fully saturated rings. The van der Waals surface area contributed by atoms with E-state index < -0.39 is 0 Å². The van der Waals surface area contributed by atoms with Gasteiger partial charge in [-0.3, -0.25) is 19.5 Å². The predicted molar refractivity (Wildman–Crippen MR) is 99.9 cm³/mol. The van der Waals surface area contributed by atoms with Crippen molar-refractivity contribution in [3.63, 3.8) is 0 Å². The second-order valence-corrected chi connectivity index (χ2v) is 6.75. The normalized spacial score (nSPS) is 10.8. The first kappa shape index (κ1) is 16.1. The first-order chi connectivity index (χ1) is 12.6. The summed E-state index contributed by atoms with van der Waals surface area (Å²) in [6.07, 6.45) is 1.49. The molecule has 4 rings (SSSR count). The van der Waals surface area contributed by atoms with Gasteiger partial charge in [-0.15, -0.1) is 10.2 Å². The minimum atomic E-state index is -0.281. The van der Waals surface area contributed by atoms with Crippen molar-refractivity contribution in [1.82, 2.24) is 19.7 Å². The van der Waals surface area contributed by atoms with Crippen molar-refractivity contribution in [1.29, 1.82) is 0 Å². The molecule has 1 N–H and O–H groups in total. The average Bonchev–Trinajstić information content (AvgIpc) is 3.07. The standard InChI is InChI=1S/C18H13N5O2S/c1-11-21-22-18(26-11)20-16(24)12-6-8-13(9-7-12)23-10-19-15-5-3-2-4-14(15)17(23)25/h2-10H,1H3,(H,20,22,24). The summed E-state index contributed by atoms with van der Waals surface area (Å²) in [6.45, 7) is 1.82. The molecular formula is C18H13N5O2S. The molecule has 2 aromatic carbocycles. The third kappa shape index (κ3) is 2.98. The first-order valence-corrected chi connectivity index (χ1v) is 8.62. The van der Waals surface area contributed by atoms with Gasteiger partial charge in [0, 0.05) is 5.56 Å². The highest BCUT2D eigenvalue weighted by molar-refractivity contribution is 7.15. The zero-order chi connectivity index (χ0) is 18.1. The fraction of sp³-hybridized carbons (Fsp3) is 0.0556. The molecule has 4 aromatic rings. The summed E-state index contributed by atoms with van der Waals surface area (Å²) in [5, 5.41) is 12.2. The van der Waals surface area contributed by atoms with Gasteiger partial charge in [0.25, 0.3) is 11.5 Å². The van der Waals surface area contributed by atoms with Gasteiger partial charge in [0.1, 0.15) is 11.3 Å². The van der Waals surface area contributed by atoms with Gasteiger partial charge in [-0.25, -0.2) is 4.98 Å². The minimum absolute atomic E-state index is 0.155. The molecule has 0 spiro atoms. The van der Waals surface area contributed by atoms with E-state index in [2.05, 4.69) is 20.5 Å². The minimum Gasteiger partial charge on any atom is -0.296 e. The number of benzene rings is 2. The van der Waals surface area contributed by atoms with Gasteiger partial charge in [-0.1, -0.05) is 23.5 Å². The summed E-state index contributed by atoms with van der Waals surface area (Å²) in [6, 6.07) is 13.9. The lowest BCUT2D eigenvalue weighted by atomic mass is 10.2. The Bertz CT molecular complexity index is 1160. The van der Waals surface area contributed by atoms with Crippen molar-refractivity contribution in [2.45, 2.75) is 6.92 Å². The molecule has 0 saturated heterocycles. The number of rotatable bonds is 3. The molecule has 0 aliphatic rings. The molecule has 128 valence electrons. The number of anilines is 1. The molecule has 0 saturated carbocycles. The molecule has 0 unspecified atom stereocenters. The highest BCUT2D eigenvalue weighted by Gasteiger charge is 2.10. The van der Waals surface area contributed by atoms with Crippen LogP contribution in [0.3, 0.4) is 0 Å². The van der Waals surface area contributed by atoms with Crippen LogP contribution in [0.2, 0.25) is 0 Å². The van der Waals surface area contributed by atoms with E-state index in [1.165, 1.54) is 22.2 Å². The highest BCUT2D eigenvalue weighted by atomic mass is 32.1. The average molecular weight is 363 g/mol. The van der Waals surface area contributed by atoms with Crippen LogP contribution in [0.1, 0.15) is 15.4 Å². The number of hydrogen-bond donors (Lipinski definition) is 1. The maximum atomic E-state index is 12.6. The maximum Gasteiger partial charge on any atom is 0.265 e. The molecule has 7 nitrogen and oxygen atoms in total. The molecule has 26 heavy (non-hydrogen) atoms. The second kappa shape index (κ2) is 6.49. The van der Waals surface area contributed by atoms with Gasteiger partial charge in [0.2, 0.25) is 5.13 Å². The van der Waals surface area contributed by atoms with Crippen LogP contribution in [0.5, 0.6) is 0 Å². The molecule has 8 heteroatoms. The zero-order valence-electron chi connectivity index (χ0n) is 13.7. The van der Waals surface area contributed by atoms with Crippen LogP contribution in [0.15, 0.2) is 59.7 Å². The molecular weight excluding hydrogens is 350 g/mol. The molecule has 0 aliphatic carbocycles. The van der Waals surface area contributed by atoms with Crippen LogP contribution in [0.25, 0.3) is 16.6 Å². The van der Waals surface area contributed by atoms with Crippen molar-refractivity contribution in [3.8, 4) is 5.69 Å². The lowest BCUT2D eigenvalue weighted by molar-refractivity contribution is 0.102. The molecule has 2 aromatic heterocycles. The summed E-state index contributed by atoms with van der Waals surface area (Å²) in [5.74, 6) is -0.281. The molecule has 0 aliphatic heterocycles. The lowest BCUT2D eigenvalue weighted by Gasteiger charge is -2.07. The molecule has 0 bridgehead atoms. The SMILES string of the molecule is Cc1nnc(NC(=O)c2ccc(-n3cnc4ccccc4c3=O)cc2)s1. The van der Waals surface area contributed by atoms with E-state index in [9.17, 15) is 9.59 Å². The number of amides is 1. The largest absolute Gasteiger partial charge is 0.296 e. The lowest BCUT2D eigenvalue weighted by Crippen LogP contribution is -2.19. The van der Waals surface area contributed by atoms with Crippen LogP contribution >= 0.6 is 11.3 Å². The Morgan fingerprint density at radius 3 is 2.58 bits per heavy atom. The van der Waals surface area contributed by atoms with Gasteiger partial charge in [0.15, 0.2) is 0 Å². The van der Waals surface area contributed by atoms with Crippen LogP contribution in [0.4, 0.5) is 5.13 Å². The van der Waals surface area contributed by atoms with Crippen molar-refractivity contribution < 1.29 is 4.79 Å². The number of carbonyl (C=O) groups excluding carboxylic acids is 1. The molecule has 2 heterocycles. The zero-order valence-corrected chi connectivity index (χ0v) is 14.5. The number of carbonyl (C=O) groups is 1. The summed E-state index contributed by atoms with van der Waals surface area (Å²) >= 11 is 1.31. The second-order valence-electron chi connectivity index (χ2n) is 5.56. The highest BCUT2D eigenvalue weighted by Crippen LogP contribution is 2.16. The first-order valence-electron chi connectivity index (χ1n) is 7.80. The summed E-state index contributed by atoms with van der Waals surface area (Å²) < 4.78 is 1.46. The van der Waals surface area contributed by atoms with E-state index in [4.69, 9.17) is 0 Å². The summed E-state index contributed by atoms with van der Waals surface area (Å²) in [7, 11) is 0. The number of aryl methyl sites for hydroxylation is 1. The molecule has 1 amide bonds. The number of nitrogens with one attached hydrogen (secondary N) is 1. The molecule has 0 atom stereocenters. The van der Waals surface area contributed by atoms with E-state index in [0.29, 0.717) is 27.3 Å². The van der Waals surface area contributed by atoms with Crippen molar-refractivity contribution >= 4 is 33.3 Å². The smallest absolute Gasteiger partial charge is 0.265 e. The van der Waals surface area contributed by atoms with Crippen LogP contribution in [0, 0.1) is 6.92 Å². The van der Waals surface area contributed by atoms with Crippen molar-refractivity contribution in [2.75, 3.05) is 5.32 Å². The number of aromatic nitrogens is 4. The number of nitrogens with zero attached hydrogens (tertiary/aromatic N) is 4. The van der Waals surface area contributed by atoms with E-state index >= 15 is 0 Å². The van der Waals surface area contributed by atoms with E-state index in [-0.39, 0.29) is 11.5 Å². The van der Waals surface area contributed by atoms with Crippen molar-refractivity contribution in [2.24, 2.45) is 0 Å². The third-order valence-electron chi connectivity index (χ3n) is 3.82. The number of fused-ring (bicyclic) bond motifs is 1. The monoisotopic (exact) mass is 363 g/mol. The Morgan fingerprint density at radius 2 is 1.85 bits per heavy atom. The Labute approximate surface area is 152 Å². The van der Waals surface area contributed by atoms with Gasteiger partial charge < -0.3 is 0 Å². The van der Waals surface area contributed by atoms with Gasteiger partial charge >= 0.3 is 0 Å².